The molecule has 1 aliphatic carbocycles. The van der Waals surface area contributed by atoms with Crippen molar-refractivity contribution < 1.29 is 4.79 Å². The molecule has 2 aromatic heterocycles. The van der Waals surface area contributed by atoms with Crippen LogP contribution < -0.4 is 10.6 Å². The molecule has 2 heterocycles. The second-order valence-corrected chi connectivity index (χ2v) is 6.31. The third kappa shape index (κ3) is 2.92. The molecule has 7 heteroatoms. The molecule has 3 aromatic rings. The van der Waals surface area contributed by atoms with Crippen LogP contribution >= 0.6 is 11.6 Å². The van der Waals surface area contributed by atoms with Gasteiger partial charge in [-0.25, -0.2) is 14.3 Å². The third-order valence-corrected chi connectivity index (χ3v) is 4.41. The van der Waals surface area contributed by atoms with Gasteiger partial charge >= 0.3 is 6.03 Å². The van der Waals surface area contributed by atoms with Gasteiger partial charge in [0.05, 0.1) is 5.69 Å². The Bertz CT molecular complexity index is 903. The summed E-state index contributed by atoms with van der Waals surface area (Å²) in [5, 5.41) is 10.7. The summed E-state index contributed by atoms with van der Waals surface area (Å²) in [5.41, 5.74) is 1.90. The van der Waals surface area contributed by atoms with Gasteiger partial charge in [0.25, 0.3) is 0 Å². The Balaban J connectivity index is 1.55. The first kappa shape index (κ1) is 15.0. The Hall–Kier alpha value is -2.60. The minimum Gasteiger partial charge on any atom is -0.308 e. The van der Waals surface area contributed by atoms with E-state index in [1.54, 1.807) is 28.8 Å². The van der Waals surface area contributed by atoms with E-state index >= 15 is 0 Å². The molecule has 4 rings (SSSR count). The van der Waals surface area contributed by atoms with Gasteiger partial charge in [0.2, 0.25) is 0 Å². The molecule has 0 atom stereocenters. The highest BCUT2D eigenvalue weighted by Crippen LogP contribution is 2.35. The van der Waals surface area contributed by atoms with Gasteiger partial charge in [0.15, 0.2) is 11.5 Å². The van der Waals surface area contributed by atoms with Crippen molar-refractivity contribution in [1.29, 1.82) is 0 Å². The summed E-state index contributed by atoms with van der Waals surface area (Å²) < 4.78 is 1.71. The Morgan fingerprint density at radius 2 is 2.08 bits per heavy atom. The smallest absolute Gasteiger partial charge is 0.308 e. The zero-order chi connectivity index (χ0) is 16.5. The van der Waals surface area contributed by atoms with E-state index in [-0.39, 0.29) is 6.03 Å². The monoisotopic (exact) mass is 341 g/mol. The molecular formula is C17H16ClN5O. The van der Waals surface area contributed by atoms with Crippen LogP contribution in [-0.4, -0.2) is 20.6 Å². The van der Waals surface area contributed by atoms with Crippen molar-refractivity contribution in [2.45, 2.75) is 25.2 Å². The van der Waals surface area contributed by atoms with E-state index in [9.17, 15) is 4.79 Å². The largest absolute Gasteiger partial charge is 0.323 e. The topological polar surface area (TPSA) is 71.3 Å². The molecule has 0 aliphatic heterocycles. The van der Waals surface area contributed by atoms with E-state index in [0.29, 0.717) is 28.0 Å². The van der Waals surface area contributed by atoms with Gasteiger partial charge in [-0.3, -0.25) is 0 Å². The van der Waals surface area contributed by atoms with Gasteiger partial charge < -0.3 is 10.6 Å². The van der Waals surface area contributed by atoms with Crippen molar-refractivity contribution >= 4 is 34.7 Å². The van der Waals surface area contributed by atoms with Crippen LogP contribution in [0.4, 0.5) is 16.2 Å². The summed E-state index contributed by atoms with van der Waals surface area (Å²) in [6.07, 6.45) is 5.34. The predicted octanol–water partition coefficient (Wildman–Crippen LogP) is 4.29. The number of carbonyl (C=O) groups excluding carboxylic acids is 1. The molecule has 24 heavy (non-hydrogen) atoms. The van der Waals surface area contributed by atoms with Crippen molar-refractivity contribution in [3.8, 4) is 0 Å². The molecule has 0 saturated heterocycles. The Kier molecular flexibility index (Phi) is 3.82. The van der Waals surface area contributed by atoms with Crippen molar-refractivity contribution in [2.24, 2.45) is 0 Å². The highest BCUT2D eigenvalue weighted by molar-refractivity contribution is 6.30. The molecule has 2 N–H and O–H groups in total. The molecule has 1 saturated carbocycles. The van der Waals surface area contributed by atoms with Crippen LogP contribution in [-0.2, 0) is 0 Å². The molecule has 0 bridgehead atoms. The number of nitrogens with one attached hydrogen (secondary N) is 2. The second-order valence-electron chi connectivity index (χ2n) is 5.88. The highest BCUT2D eigenvalue weighted by Gasteiger charge is 2.24. The minimum atomic E-state index is -0.349. The molecule has 0 radical (unpaired) electrons. The fourth-order valence-electron chi connectivity index (χ4n) is 2.71. The van der Waals surface area contributed by atoms with Crippen LogP contribution in [0.1, 0.15) is 31.0 Å². The molecule has 1 fully saturated rings. The predicted molar refractivity (Wildman–Crippen MR) is 93.7 cm³/mol. The number of hydrogen-bond acceptors (Lipinski definition) is 3. The number of fused-ring (bicyclic) bond motifs is 1. The Labute approximate surface area is 143 Å². The lowest BCUT2D eigenvalue weighted by atomic mass is 9.85. The molecule has 1 aromatic carbocycles. The number of benzene rings is 1. The van der Waals surface area contributed by atoms with E-state index in [4.69, 9.17) is 11.6 Å². The van der Waals surface area contributed by atoms with E-state index in [0.717, 1.165) is 18.7 Å². The van der Waals surface area contributed by atoms with Crippen LogP contribution in [0.3, 0.4) is 0 Å². The maximum Gasteiger partial charge on any atom is 0.323 e. The van der Waals surface area contributed by atoms with Crippen molar-refractivity contribution in [3.05, 3.63) is 53.4 Å². The summed E-state index contributed by atoms with van der Waals surface area (Å²) in [7, 11) is 0. The quantitative estimate of drug-likeness (QED) is 0.746. The van der Waals surface area contributed by atoms with Crippen LogP contribution in [0.15, 0.2) is 42.6 Å². The molecule has 6 nitrogen and oxygen atoms in total. The van der Waals surface area contributed by atoms with E-state index in [2.05, 4.69) is 20.7 Å². The summed E-state index contributed by atoms with van der Waals surface area (Å²) in [5.74, 6) is 1.30. The fourth-order valence-corrected chi connectivity index (χ4v) is 2.90. The van der Waals surface area contributed by atoms with Crippen LogP contribution in [0.5, 0.6) is 0 Å². The normalized spacial score (nSPS) is 14.4. The Morgan fingerprint density at radius 1 is 1.21 bits per heavy atom. The number of rotatable bonds is 3. The molecule has 1 aliphatic rings. The first-order valence-corrected chi connectivity index (χ1v) is 8.26. The second kappa shape index (κ2) is 6.13. The number of hydrogen-bond donors (Lipinski definition) is 2. The standard InChI is InChI=1S/C17H16ClN5O/c18-12-6-2-7-13(10-12)19-17(24)20-14-8-3-9-23-16(14)21-15(22-23)11-4-1-5-11/h2-3,6-11H,1,4-5H2,(H2,19,20,24). The fraction of sp³-hybridized carbons (Fsp3) is 0.235. The molecule has 2 amide bonds. The number of urea groups is 1. The zero-order valence-electron chi connectivity index (χ0n) is 12.9. The summed E-state index contributed by atoms with van der Waals surface area (Å²) >= 11 is 5.92. The van der Waals surface area contributed by atoms with Crippen LogP contribution in [0.25, 0.3) is 5.65 Å². The van der Waals surface area contributed by atoms with Crippen LogP contribution in [0.2, 0.25) is 5.02 Å². The van der Waals surface area contributed by atoms with Gasteiger partial charge in [-0.05, 0) is 43.2 Å². The lowest BCUT2D eigenvalue weighted by Crippen LogP contribution is -2.19. The number of aromatic nitrogens is 3. The first-order chi connectivity index (χ1) is 11.7. The lowest BCUT2D eigenvalue weighted by Gasteiger charge is -2.21. The van der Waals surface area contributed by atoms with Gasteiger partial charge in [-0.2, -0.15) is 5.10 Å². The lowest BCUT2D eigenvalue weighted by molar-refractivity contribution is 0.262. The minimum absolute atomic E-state index is 0.349. The molecule has 122 valence electrons. The maximum atomic E-state index is 12.2. The van der Waals surface area contributed by atoms with Gasteiger partial charge in [0.1, 0.15) is 0 Å². The number of halogens is 1. The number of pyridine rings is 1. The van der Waals surface area contributed by atoms with Crippen molar-refractivity contribution in [3.63, 3.8) is 0 Å². The molecule has 0 unspecified atom stereocenters. The summed E-state index contributed by atoms with van der Waals surface area (Å²) in [6, 6.07) is 10.3. The number of amides is 2. The summed E-state index contributed by atoms with van der Waals surface area (Å²) in [4.78, 5) is 16.8. The first-order valence-electron chi connectivity index (χ1n) is 7.88. The number of nitrogens with zero attached hydrogens (tertiary/aromatic N) is 3. The van der Waals surface area contributed by atoms with Crippen molar-refractivity contribution in [2.75, 3.05) is 10.6 Å². The maximum absolute atomic E-state index is 12.2. The van der Waals surface area contributed by atoms with Gasteiger partial charge in [0, 0.05) is 22.8 Å². The molecule has 0 spiro atoms. The highest BCUT2D eigenvalue weighted by atomic mass is 35.5. The van der Waals surface area contributed by atoms with Crippen LogP contribution in [0, 0.1) is 0 Å². The zero-order valence-corrected chi connectivity index (χ0v) is 13.6. The van der Waals surface area contributed by atoms with Crippen molar-refractivity contribution in [1.82, 2.24) is 14.6 Å². The average Bonchev–Trinajstić information content (AvgIpc) is 2.89. The molecular weight excluding hydrogens is 326 g/mol. The average molecular weight is 342 g/mol. The van der Waals surface area contributed by atoms with Gasteiger partial charge in [-0.15, -0.1) is 0 Å². The number of anilines is 2. The SMILES string of the molecule is O=C(Nc1cccc(Cl)c1)Nc1cccn2nc(C3CCC3)nc12. The van der Waals surface area contributed by atoms with Gasteiger partial charge in [-0.1, -0.05) is 24.1 Å². The Morgan fingerprint density at radius 3 is 2.83 bits per heavy atom. The van der Waals surface area contributed by atoms with E-state index in [1.165, 1.54) is 6.42 Å². The summed E-state index contributed by atoms with van der Waals surface area (Å²) in [6.45, 7) is 0. The van der Waals surface area contributed by atoms with E-state index in [1.807, 2.05) is 18.3 Å². The third-order valence-electron chi connectivity index (χ3n) is 4.18. The van der Waals surface area contributed by atoms with E-state index < -0.39 is 0 Å². The number of carbonyl (C=O) groups is 1.